The molecule has 1 amide bonds. The van der Waals surface area contributed by atoms with E-state index in [0.29, 0.717) is 24.7 Å². The molecule has 0 atom stereocenters. The van der Waals surface area contributed by atoms with Gasteiger partial charge in [0, 0.05) is 19.3 Å². The SMILES string of the molecule is CCNC(=NCC(=O)Nc1cccnc1)NCCc1ccc(C)c(OC)c1. The lowest BCUT2D eigenvalue weighted by molar-refractivity contribution is -0.114. The molecule has 0 unspecified atom stereocenters. The molecule has 1 aromatic carbocycles. The predicted molar refractivity (Wildman–Crippen MR) is 108 cm³/mol. The minimum absolute atomic E-state index is 0.0303. The molecule has 0 fully saturated rings. The van der Waals surface area contributed by atoms with Gasteiger partial charge in [0.25, 0.3) is 0 Å². The Morgan fingerprint density at radius 1 is 1.26 bits per heavy atom. The molecule has 27 heavy (non-hydrogen) atoms. The molecule has 1 heterocycles. The number of anilines is 1. The van der Waals surface area contributed by atoms with Crippen molar-refractivity contribution in [1.82, 2.24) is 15.6 Å². The third-order valence-corrected chi connectivity index (χ3v) is 3.85. The molecule has 144 valence electrons. The number of rotatable bonds is 8. The van der Waals surface area contributed by atoms with E-state index in [1.165, 1.54) is 5.56 Å². The highest BCUT2D eigenvalue weighted by molar-refractivity contribution is 5.93. The summed E-state index contributed by atoms with van der Waals surface area (Å²) in [7, 11) is 1.68. The van der Waals surface area contributed by atoms with Gasteiger partial charge in [-0.05, 0) is 49.6 Å². The summed E-state index contributed by atoms with van der Waals surface area (Å²) in [5.41, 5.74) is 2.95. The van der Waals surface area contributed by atoms with E-state index in [0.717, 1.165) is 17.7 Å². The Bertz CT molecular complexity index is 762. The highest BCUT2D eigenvalue weighted by Gasteiger charge is 2.04. The van der Waals surface area contributed by atoms with Crippen LogP contribution in [-0.2, 0) is 11.2 Å². The third kappa shape index (κ3) is 6.97. The fraction of sp³-hybridized carbons (Fsp3) is 0.350. The number of aryl methyl sites for hydroxylation is 1. The number of guanidine groups is 1. The van der Waals surface area contributed by atoms with E-state index in [1.807, 2.05) is 19.9 Å². The second kappa shape index (κ2) is 10.8. The smallest absolute Gasteiger partial charge is 0.246 e. The van der Waals surface area contributed by atoms with E-state index in [9.17, 15) is 4.79 Å². The van der Waals surface area contributed by atoms with Crippen molar-refractivity contribution in [3.05, 3.63) is 53.9 Å². The zero-order chi connectivity index (χ0) is 19.5. The average molecular weight is 369 g/mol. The van der Waals surface area contributed by atoms with Crippen LogP contribution < -0.4 is 20.7 Å². The van der Waals surface area contributed by atoms with Crippen molar-refractivity contribution in [3.63, 3.8) is 0 Å². The first-order valence-corrected chi connectivity index (χ1v) is 8.98. The van der Waals surface area contributed by atoms with Crippen LogP contribution in [0.4, 0.5) is 5.69 Å². The first-order valence-electron chi connectivity index (χ1n) is 8.98. The molecule has 7 nitrogen and oxygen atoms in total. The predicted octanol–water partition coefficient (Wildman–Crippen LogP) is 2.13. The lowest BCUT2D eigenvalue weighted by Gasteiger charge is -2.12. The molecule has 7 heteroatoms. The van der Waals surface area contributed by atoms with E-state index in [4.69, 9.17) is 4.74 Å². The number of benzene rings is 1. The number of hydrogen-bond donors (Lipinski definition) is 3. The van der Waals surface area contributed by atoms with Crippen LogP contribution in [0.5, 0.6) is 5.75 Å². The molecular formula is C20H27N5O2. The molecule has 3 N–H and O–H groups in total. The zero-order valence-electron chi connectivity index (χ0n) is 16.1. The minimum atomic E-state index is -0.191. The Morgan fingerprint density at radius 2 is 2.11 bits per heavy atom. The van der Waals surface area contributed by atoms with Gasteiger partial charge in [0.15, 0.2) is 5.96 Å². The number of methoxy groups -OCH3 is 1. The van der Waals surface area contributed by atoms with E-state index >= 15 is 0 Å². The fourth-order valence-corrected chi connectivity index (χ4v) is 2.47. The van der Waals surface area contributed by atoms with Crippen LogP contribution in [0.2, 0.25) is 0 Å². The zero-order valence-corrected chi connectivity index (χ0v) is 16.1. The quantitative estimate of drug-likeness (QED) is 0.490. The van der Waals surface area contributed by atoms with E-state index < -0.39 is 0 Å². The summed E-state index contributed by atoms with van der Waals surface area (Å²) >= 11 is 0. The minimum Gasteiger partial charge on any atom is -0.496 e. The molecule has 0 spiro atoms. The van der Waals surface area contributed by atoms with Crippen molar-refractivity contribution in [3.8, 4) is 5.75 Å². The second-order valence-corrected chi connectivity index (χ2v) is 5.97. The Balaban J connectivity index is 1.85. The lowest BCUT2D eigenvalue weighted by Crippen LogP contribution is -2.39. The van der Waals surface area contributed by atoms with Gasteiger partial charge in [-0.15, -0.1) is 0 Å². The number of carbonyl (C=O) groups excluding carboxylic acids is 1. The number of aliphatic imine (C=N–C) groups is 1. The van der Waals surface area contributed by atoms with Crippen LogP contribution >= 0.6 is 0 Å². The maximum Gasteiger partial charge on any atom is 0.246 e. The van der Waals surface area contributed by atoms with Gasteiger partial charge in [-0.2, -0.15) is 0 Å². The van der Waals surface area contributed by atoms with Crippen LogP contribution in [0.15, 0.2) is 47.7 Å². The van der Waals surface area contributed by atoms with E-state index in [2.05, 4.69) is 38.1 Å². The summed E-state index contributed by atoms with van der Waals surface area (Å²) in [5.74, 6) is 1.31. The summed E-state index contributed by atoms with van der Waals surface area (Å²) in [4.78, 5) is 20.3. The number of aromatic nitrogens is 1. The molecule has 0 saturated carbocycles. The maximum atomic E-state index is 12.0. The van der Waals surface area contributed by atoms with Crippen molar-refractivity contribution < 1.29 is 9.53 Å². The van der Waals surface area contributed by atoms with Crippen LogP contribution in [0.3, 0.4) is 0 Å². The number of carbonyl (C=O) groups is 1. The maximum absolute atomic E-state index is 12.0. The van der Waals surface area contributed by atoms with Gasteiger partial charge in [-0.3, -0.25) is 9.78 Å². The summed E-state index contributed by atoms with van der Waals surface area (Å²) in [6.07, 6.45) is 4.08. The molecule has 0 aliphatic carbocycles. The van der Waals surface area contributed by atoms with Crippen LogP contribution in [-0.4, -0.2) is 43.6 Å². The first kappa shape index (κ1) is 20.2. The molecule has 2 aromatic rings. The van der Waals surface area contributed by atoms with Gasteiger partial charge in [-0.1, -0.05) is 12.1 Å². The van der Waals surface area contributed by atoms with Crippen LogP contribution in [0.1, 0.15) is 18.1 Å². The summed E-state index contributed by atoms with van der Waals surface area (Å²) < 4.78 is 5.36. The van der Waals surface area contributed by atoms with Crippen LogP contribution in [0.25, 0.3) is 0 Å². The summed E-state index contributed by atoms with van der Waals surface area (Å²) in [5, 5.41) is 9.15. The first-order chi connectivity index (χ1) is 13.1. The molecule has 0 bridgehead atoms. The van der Waals surface area contributed by atoms with Crippen LogP contribution in [0, 0.1) is 6.92 Å². The molecule has 0 radical (unpaired) electrons. The number of nitrogens with one attached hydrogen (secondary N) is 3. The Morgan fingerprint density at radius 3 is 2.81 bits per heavy atom. The Kier molecular flexibility index (Phi) is 8.09. The molecule has 2 rings (SSSR count). The third-order valence-electron chi connectivity index (χ3n) is 3.85. The number of hydrogen-bond acceptors (Lipinski definition) is 4. The van der Waals surface area contributed by atoms with Crippen molar-refractivity contribution in [2.45, 2.75) is 20.3 Å². The molecular weight excluding hydrogens is 342 g/mol. The fourth-order valence-electron chi connectivity index (χ4n) is 2.47. The van der Waals surface area contributed by atoms with Crippen molar-refractivity contribution >= 4 is 17.6 Å². The topological polar surface area (TPSA) is 87.6 Å². The van der Waals surface area contributed by atoms with Crippen molar-refractivity contribution in [2.75, 3.05) is 32.1 Å². The Hall–Kier alpha value is -3.09. The molecule has 0 saturated heterocycles. The number of pyridine rings is 1. The lowest BCUT2D eigenvalue weighted by atomic mass is 10.1. The highest BCUT2D eigenvalue weighted by atomic mass is 16.5. The number of nitrogens with zero attached hydrogens (tertiary/aromatic N) is 2. The highest BCUT2D eigenvalue weighted by Crippen LogP contribution is 2.18. The van der Waals surface area contributed by atoms with E-state index in [-0.39, 0.29) is 12.5 Å². The monoisotopic (exact) mass is 369 g/mol. The van der Waals surface area contributed by atoms with Gasteiger partial charge in [0.05, 0.1) is 19.0 Å². The molecule has 0 aliphatic heterocycles. The van der Waals surface area contributed by atoms with Gasteiger partial charge in [-0.25, -0.2) is 4.99 Å². The van der Waals surface area contributed by atoms with Gasteiger partial charge >= 0.3 is 0 Å². The summed E-state index contributed by atoms with van der Waals surface area (Å²) in [6.45, 7) is 5.45. The molecule has 0 aliphatic rings. The van der Waals surface area contributed by atoms with Crippen molar-refractivity contribution in [1.29, 1.82) is 0 Å². The largest absolute Gasteiger partial charge is 0.496 e. The summed E-state index contributed by atoms with van der Waals surface area (Å²) in [6, 6.07) is 9.74. The van der Waals surface area contributed by atoms with Gasteiger partial charge < -0.3 is 20.7 Å². The Labute approximate surface area is 160 Å². The number of ether oxygens (including phenoxy) is 1. The molecule has 1 aromatic heterocycles. The second-order valence-electron chi connectivity index (χ2n) is 5.97. The standard InChI is InChI=1S/C20H27N5O2/c1-4-22-20(24-14-19(26)25-17-6-5-10-21-13-17)23-11-9-16-8-7-15(2)18(12-16)27-3/h5-8,10,12-13H,4,9,11,14H2,1-3H3,(H,25,26)(H2,22,23,24). The van der Waals surface area contributed by atoms with E-state index in [1.54, 1.807) is 31.6 Å². The van der Waals surface area contributed by atoms with Gasteiger partial charge in [0.1, 0.15) is 12.3 Å². The normalized spacial score (nSPS) is 11.0. The van der Waals surface area contributed by atoms with Crippen molar-refractivity contribution in [2.24, 2.45) is 4.99 Å². The number of amides is 1. The average Bonchev–Trinajstić information content (AvgIpc) is 2.68. The van der Waals surface area contributed by atoms with Gasteiger partial charge in [0.2, 0.25) is 5.91 Å².